The number of carbonyl (C=O) groups is 3. The first kappa shape index (κ1) is 29.8. The molecule has 1 unspecified atom stereocenters. The van der Waals surface area contributed by atoms with Crippen molar-refractivity contribution in [2.45, 2.75) is 42.7 Å². The van der Waals surface area contributed by atoms with Gasteiger partial charge in [-0.1, -0.05) is 29.8 Å². The number of halogens is 5. The number of alkyl halides is 2. The third-order valence-corrected chi connectivity index (χ3v) is 7.64. The standard InChI is InChI=1S/C29H22ClF4N5O4/c30-22-4-2-1-3-21(22)24(25(40)37-20-13-28(33,34)14-20)29(26(41)38-19-11-17(31)10-18(32)12-19)6-8-43-27(42)39(29)23-9-16(15-35)5-7-36-23/h1-5,7,9-12,20,24H,6,8,13-14H2,(H,37,40)(H,38,41)/t24-,29?/m1/s1. The molecule has 3 aromatic rings. The molecule has 2 fully saturated rings. The fourth-order valence-electron chi connectivity index (χ4n) is 5.40. The Bertz CT molecular complexity index is 1620. The van der Waals surface area contributed by atoms with Crippen molar-refractivity contribution < 1.29 is 36.7 Å². The summed E-state index contributed by atoms with van der Waals surface area (Å²) in [6.07, 6.45) is -1.61. The van der Waals surface area contributed by atoms with E-state index in [0.29, 0.717) is 6.07 Å². The number of rotatable bonds is 7. The van der Waals surface area contributed by atoms with Gasteiger partial charge in [-0.25, -0.2) is 32.2 Å². The molecule has 1 saturated heterocycles. The van der Waals surface area contributed by atoms with Gasteiger partial charge >= 0.3 is 6.09 Å². The third-order valence-electron chi connectivity index (χ3n) is 7.30. The number of amides is 3. The van der Waals surface area contributed by atoms with Crippen LogP contribution < -0.4 is 15.5 Å². The topological polar surface area (TPSA) is 124 Å². The molecule has 5 rings (SSSR count). The maximum Gasteiger partial charge on any atom is 0.416 e. The lowest BCUT2D eigenvalue weighted by molar-refractivity contribution is -0.136. The summed E-state index contributed by atoms with van der Waals surface area (Å²) in [5.74, 6) is -8.98. The highest BCUT2D eigenvalue weighted by Crippen LogP contribution is 2.46. The Balaban J connectivity index is 1.73. The van der Waals surface area contributed by atoms with Crippen molar-refractivity contribution in [3.8, 4) is 6.07 Å². The summed E-state index contributed by atoms with van der Waals surface area (Å²) in [5.41, 5.74) is -2.55. The lowest BCUT2D eigenvalue weighted by Crippen LogP contribution is -2.69. The minimum Gasteiger partial charge on any atom is -0.449 e. The number of nitriles is 1. The fraction of sp³-hybridized carbons (Fsp3) is 0.276. The second-order valence-corrected chi connectivity index (χ2v) is 10.6. The zero-order valence-corrected chi connectivity index (χ0v) is 22.9. The molecule has 9 nitrogen and oxygen atoms in total. The van der Waals surface area contributed by atoms with Crippen LogP contribution in [0.25, 0.3) is 0 Å². The number of ether oxygens (including phenoxy) is 1. The van der Waals surface area contributed by atoms with Gasteiger partial charge in [-0.05, 0) is 35.9 Å². The Kier molecular flexibility index (Phi) is 7.98. The summed E-state index contributed by atoms with van der Waals surface area (Å²) < 4.78 is 60.8. The van der Waals surface area contributed by atoms with Crippen LogP contribution in [0.4, 0.5) is 33.9 Å². The predicted octanol–water partition coefficient (Wildman–Crippen LogP) is 5.31. The molecule has 43 heavy (non-hydrogen) atoms. The van der Waals surface area contributed by atoms with Crippen molar-refractivity contribution in [1.82, 2.24) is 10.3 Å². The third kappa shape index (κ3) is 5.83. The maximum absolute atomic E-state index is 14.5. The number of pyridine rings is 1. The second kappa shape index (κ2) is 11.5. The molecule has 222 valence electrons. The highest BCUT2D eigenvalue weighted by Gasteiger charge is 2.60. The van der Waals surface area contributed by atoms with Crippen LogP contribution in [0.1, 0.15) is 36.3 Å². The molecule has 2 aliphatic rings. The smallest absolute Gasteiger partial charge is 0.416 e. The largest absolute Gasteiger partial charge is 0.449 e. The van der Waals surface area contributed by atoms with E-state index in [-0.39, 0.29) is 34.1 Å². The van der Waals surface area contributed by atoms with Crippen molar-refractivity contribution in [1.29, 1.82) is 5.26 Å². The maximum atomic E-state index is 14.5. The number of hydrogen-bond donors (Lipinski definition) is 2. The average Bonchev–Trinajstić information content (AvgIpc) is 2.92. The molecule has 1 aliphatic heterocycles. The monoisotopic (exact) mass is 615 g/mol. The van der Waals surface area contributed by atoms with Gasteiger partial charge in [0.15, 0.2) is 5.54 Å². The SMILES string of the molecule is N#Cc1ccnc(N2C(=O)OCCC2(C(=O)Nc2cc(F)cc(F)c2)[C@@H](C(=O)NC2CC(F)(F)C2)c2ccccc2Cl)c1. The average molecular weight is 616 g/mol. The molecule has 1 saturated carbocycles. The summed E-state index contributed by atoms with van der Waals surface area (Å²) in [4.78, 5) is 47.0. The van der Waals surface area contributed by atoms with Crippen LogP contribution in [0.15, 0.2) is 60.8 Å². The van der Waals surface area contributed by atoms with Gasteiger partial charge in [0, 0.05) is 48.3 Å². The van der Waals surface area contributed by atoms with Gasteiger partial charge in [0.2, 0.25) is 5.91 Å². The summed E-state index contributed by atoms with van der Waals surface area (Å²) in [5, 5.41) is 14.4. The van der Waals surface area contributed by atoms with Crippen LogP contribution in [0.3, 0.4) is 0 Å². The predicted molar refractivity (Wildman–Crippen MR) is 145 cm³/mol. The van der Waals surface area contributed by atoms with Crippen LogP contribution in [0.2, 0.25) is 5.02 Å². The van der Waals surface area contributed by atoms with E-state index in [9.17, 15) is 37.2 Å². The van der Waals surface area contributed by atoms with Crippen molar-refractivity contribution in [3.05, 3.63) is 88.6 Å². The van der Waals surface area contributed by atoms with Crippen LogP contribution in [-0.2, 0) is 14.3 Å². The number of anilines is 2. The Morgan fingerprint density at radius 2 is 1.81 bits per heavy atom. The highest BCUT2D eigenvalue weighted by atomic mass is 35.5. The van der Waals surface area contributed by atoms with E-state index in [1.807, 2.05) is 6.07 Å². The minimum absolute atomic E-state index is 0.00295. The molecule has 0 radical (unpaired) electrons. The highest BCUT2D eigenvalue weighted by molar-refractivity contribution is 6.32. The summed E-state index contributed by atoms with van der Waals surface area (Å²) in [6.45, 7) is -0.395. The zero-order valence-electron chi connectivity index (χ0n) is 22.1. The number of hydrogen-bond acceptors (Lipinski definition) is 6. The first-order valence-corrected chi connectivity index (χ1v) is 13.3. The van der Waals surface area contributed by atoms with E-state index < -0.39 is 72.4 Å². The molecule has 3 amide bonds. The summed E-state index contributed by atoms with van der Waals surface area (Å²) in [6, 6.07) is 11.6. The van der Waals surface area contributed by atoms with E-state index in [1.165, 1.54) is 36.5 Å². The van der Waals surface area contributed by atoms with E-state index in [1.54, 1.807) is 6.07 Å². The minimum atomic E-state index is -2.99. The van der Waals surface area contributed by atoms with Gasteiger partial charge in [-0.3, -0.25) is 9.59 Å². The lowest BCUT2D eigenvalue weighted by Gasteiger charge is -2.48. The van der Waals surface area contributed by atoms with Crippen molar-refractivity contribution >= 4 is 41.0 Å². The van der Waals surface area contributed by atoms with Crippen molar-refractivity contribution in [2.75, 3.05) is 16.8 Å². The number of aromatic nitrogens is 1. The first-order valence-electron chi connectivity index (χ1n) is 13.0. The molecule has 2 N–H and O–H groups in total. The first-order chi connectivity index (χ1) is 20.4. The molecule has 1 aromatic heterocycles. The van der Waals surface area contributed by atoms with E-state index in [4.69, 9.17) is 16.3 Å². The van der Waals surface area contributed by atoms with Crippen LogP contribution >= 0.6 is 11.6 Å². The Morgan fingerprint density at radius 1 is 1.12 bits per heavy atom. The molecule has 0 bridgehead atoms. The van der Waals surface area contributed by atoms with Crippen LogP contribution in [0.5, 0.6) is 0 Å². The van der Waals surface area contributed by atoms with Gasteiger partial charge in [0.1, 0.15) is 17.5 Å². The van der Waals surface area contributed by atoms with E-state index in [2.05, 4.69) is 15.6 Å². The number of cyclic esters (lactones) is 1. The van der Waals surface area contributed by atoms with Crippen molar-refractivity contribution in [2.24, 2.45) is 0 Å². The second-order valence-electron chi connectivity index (χ2n) is 10.2. The van der Waals surface area contributed by atoms with Gasteiger partial charge in [-0.15, -0.1) is 0 Å². The number of benzene rings is 2. The number of nitrogens with one attached hydrogen (secondary N) is 2. The summed E-state index contributed by atoms with van der Waals surface area (Å²) >= 11 is 6.53. The quantitative estimate of drug-likeness (QED) is 0.347. The molecule has 2 heterocycles. The van der Waals surface area contributed by atoms with Gasteiger partial charge in [-0.2, -0.15) is 5.26 Å². The summed E-state index contributed by atoms with van der Waals surface area (Å²) in [7, 11) is 0. The number of carbonyl (C=O) groups excluding carboxylic acids is 3. The molecule has 0 spiro atoms. The van der Waals surface area contributed by atoms with Crippen molar-refractivity contribution in [3.63, 3.8) is 0 Å². The molecular weight excluding hydrogens is 594 g/mol. The van der Waals surface area contributed by atoms with Gasteiger partial charge in [0.05, 0.1) is 24.2 Å². The Hall–Kier alpha value is -4.70. The van der Waals surface area contributed by atoms with Crippen LogP contribution in [0, 0.1) is 23.0 Å². The molecule has 2 aromatic carbocycles. The Labute approximate surface area is 247 Å². The molecule has 1 aliphatic carbocycles. The van der Waals surface area contributed by atoms with E-state index in [0.717, 1.165) is 17.0 Å². The lowest BCUT2D eigenvalue weighted by atomic mass is 9.73. The normalized spacial score (nSPS) is 20.3. The molecule has 2 atom stereocenters. The van der Waals surface area contributed by atoms with Gasteiger partial charge in [0.25, 0.3) is 11.8 Å². The van der Waals surface area contributed by atoms with Gasteiger partial charge < -0.3 is 15.4 Å². The Morgan fingerprint density at radius 3 is 2.47 bits per heavy atom. The molecular formula is C29H22ClF4N5O4. The van der Waals surface area contributed by atoms with Crippen LogP contribution in [-0.4, -0.2) is 47.0 Å². The van der Waals surface area contributed by atoms with E-state index >= 15 is 0 Å². The zero-order chi connectivity index (χ0) is 30.9. The number of nitrogens with zero attached hydrogens (tertiary/aromatic N) is 3. The molecule has 14 heteroatoms. The fourth-order valence-corrected chi connectivity index (χ4v) is 5.64.